The van der Waals surface area contributed by atoms with E-state index in [4.69, 9.17) is 0 Å². The lowest BCUT2D eigenvalue weighted by Gasteiger charge is -2.15. The van der Waals surface area contributed by atoms with Crippen LogP contribution in [0.25, 0.3) is 16.8 Å². The van der Waals surface area contributed by atoms with Crippen LogP contribution >= 0.6 is 0 Å². The van der Waals surface area contributed by atoms with E-state index >= 15 is 0 Å². The molecule has 0 atom stereocenters. The van der Waals surface area contributed by atoms with Crippen LogP contribution in [-0.4, -0.2) is 40.5 Å². The highest BCUT2D eigenvalue weighted by molar-refractivity contribution is 7.89. The second-order valence-electron chi connectivity index (χ2n) is 7.12. The highest BCUT2D eigenvalue weighted by Gasteiger charge is 2.22. The quantitative estimate of drug-likeness (QED) is 0.351. The smallest absolute Gasteiger partial charge is 0.279 e. The second-order valence-corrected chi connectivity index (χ2v) is 9.04. The fourth-order valence-electron chi connectivity index (χ4n) is 3.26. The van der Waals surface area contributed by atoms with Gasteiger partial charge in [-0.1, -0.05) is 12.1 Å². The van der Waals surface area contributed by atoms with Crippen molar-refractivity contribution in [3.05, 3.63) is 83.8 Å². The first kappa shape index (κ1) is 20.7. The van der Waals surface area contributed by atoms with E-state index in [0.717, 1.165) is 27.2 Å². The van der Waals surface area contributed by atoms with Crippen LogP contribution in [0.15, 0.2) is 71.2 Å². The Morgan fingerprint density at radius 1 is 1.13 bits per heavy atom. The number of fused-ring (bicyclic) bond motifs is 1. The lowest BCUT2D eigenvalue weighted by molar-refractivity contribution is 0.489. The molecule has 0 N–H and O–H groups in total. The number of aryl methyl sites for hydroxylation is 2. The van der Waals surface area contributed by atoms with Crippen molar-refractivity contribution >= 4 is 21.9 Å². The molecule has 3 aromatic heterocycles. The Hall–Kier alpha value is -3.59. The number of hydrogen-bond acceptors (Lipinski definition) is 5. The molecule has 0 bridgehead atoms. The Balaban J connectivity index is 1.70. The summed E-state index contributed by atoms with van der Waals surface area (Å²) < 4.78 is 41.9. The molecular formula is C22H20FN5O2S. The molecular weight excluding hydrogens is 417 g/mol. The van der Waals surface area contributed by atoms with Gasteiger partial charge in [0, 0.05) is 36.8 Å². The number of pyridine rings is 2. The highest BCUT2D eigenvalue weighted by Crippen LogP contribution is 2.24. The van der Waals surface area contributed by atoms with Gasteiger partial charge in [0.1, 0.15) is 11.5 Å². The number of hydrogen-bond donors (Lipinski definition) is 0. The Labute approximate surface area is 179 Å². The van der Waals surface area contributed by atoms with Gasteiger partial charge < -0.3 is 0 Å². The summed E-state index contributed by atoms with van der Waals surface area (Å²) in [6.07, 6.45) is 8.43. The van der Waals surface area contributed by atoms with Gasteiger partial charge in [-0.25, -0.2) is 9.37 Å². The summed E-state index contributed by atoms with van der Waals surface area (Å²) in [6.45, 7) is 3.60. The lowest BCUT2D eigenvalue weighted by Crippen LogP contribution is -2.23. The molecule has 3 heterocycles. The molecule has 1 aromatic carbocycles. The first-order valence-electron chi connectivity index (χ1n) is 9.44. The SMILES string of the molecule is Cc1cc2ncc(C=NN(C)S(=O)(=O)c3cc(F)ccc3C)n2cc1-c1cccnc1. The predicted octanol–water partition coefficient (Wildman–Crippen LogP) is 3.81. The first-order valence-corrected chi connectivity index (χ1v) is 10.9. The van der Waals surface area contributed by atoms with Gasteiger partial charge in [-0.15, -0.1) is 0 Å². The number of imidazole rings is 1. The third-order valence-corrected chi connectivity index (χ3v) is 6.77. The Kier molecular flexibility index (Phi) is 5.28. The molecule has 4 aromatic rings. The summed E-state index contributed by atoms with van der Waals surface area (Å²) in [5.41, 5.74) is 4.71. The van der Waals surface area contributed by atoms with Crippen molar-refractivity contribution in [2.45, 2.75) is 18.7 Å². The molecule has 0 radical (unpaired) electrons. The van der Waals surface area contributed by atoms with Gasteiger partial charge in [0.15, 0.2) is 0 Å². The Bertz CT molecular complexity index is 1400. The van der Waals surface area contributed by atoms with Crippen molar-refractivity contribution in [3.8, 4) is 11.1 Å². The maximum atomic E-state index is 13.6. The third-order valence-electron chi connectivity index (χ3n) is 4.98. The Morgan fingerprint density at radius 2 is 1.94 bits per heavy atom. The van der Waals surface area contributed by atoms with Gasteiger partial charge in [0.05, 0.1) is 23.0 Å². The zero-order valence-corrected chi connectivity index (χ0v) is 18.0. The minimum Gasteiger partial charge on any atom is -0.298 e. The number of hydrazone groups is 1. The summed E-state index contributed by atoms with van der Waals surface area (Å²) >= 11 is 0. The molecule has 7 nitrogen and oxygen atoms in total. The zero-order valence-electron chi connectivity index (χ0n) is 17.2. The molecule has 158 valence electrons. The average molecular weight is 438 g/mol. The van der Waals surface area contributed by atoms with Crippen LogP contribution in [0.5, 0.6) is 0 Å². The molecule has 0 aliphatic rings. The fourth-order valence-corrected chi connectivity index (χ4v) is 4.45. The summed E-state index contributed by atoms with van der Waals surface area (Å²) in [6, 6.07) is 9.41. The van der Waals surface area contributed by atoms with Gasteiger partial charge in [0.25, 0.3) is 10.0 Å². The van der Waals surface area contributed by atoms with Gasteiger partial charge in [-0.05, 0) is 49.2 Å². The number of aromatic nitrogens is 3. The summed E-state index contributed by atoms with van der Waals surface area (Å²) in [4.78, 5) is 8.42. The predicted molar refractivity (Wildman–Crippen MR) is 117 cm³/mol. The van der Waals surface area contributed by atoms with Crippen LogP contribution in [0.2, 0.25) is 0 Å². The fraction of sp³-hybridized carbons (Fsp3) is 0.136. The third kappa shape index (κ3) is 3.91. The molecule has 0 fully saturated rings. The zero-order chi connectivity index (χ0) is 22.2. The molecule has 0 saturated carbocycles. The largest absolute Gasteiger partial charge is 0.298 e. The highest BCUT2D eigenvalue weighted by atomic mass is 32.2. The molecule has 0 unspecified atom stereocenters. The second kappa shape index (κ2) is 7.92. The van der Waals surface area contributed by atoms with Gasteiger partial charge in [0.2, 0.25) is 0 Å². The molecule has 0 spiro atoms. The van der Waals surface area contributed by atoms with Crippen molar-refractivity contribution in [2.24, 2.45) is 5.10 Å². The van der Waals surface area contributed by atoms with E-state index in [1.807, 2.05) is 35.7 Å². The van der Waals surface area contributed by atoms with E-state index in [1.165, 1.54) is 25.4 Å². The summed E-state index contributed by atoms with van der Waals surface area (Å²) in [5, 5.41) is 4.09. The van der Waals surface area contributed by atoms with E-state index < -0.39 is 15.8 Å². The molecule has 0 amide bonds. The number of rotatable bonds is 5. The van der Waals surface area contributed by atoms with Gasteiger partial charge in [-0.2, -0.15) is 17.9 Å². The molecule has 31 heavy (non-hydrogen) atoms. The summed E-state index contributed by atoms with van der Waals surface area (Å²) in [7, 11) is -2.69. The van der Waals surface area contributed by atoms with E-state index in [9.17, 15) is 12.8 Å². The van der Waals surface area contributed by atoms with Crippen molar-refractivity contribution in [1.29, 1.82) is 0 Å². The molecule has 0 aliphatic carbocycles. The van der Waals surface area contributed by atoms with Crippen LogP contribution < -0.4 is 0 Å². The molecule has 0 saturated heterocycles. The van der Waals surface area contributed by atoms with Crippen molar-refractivity contribution in [3.63, 3.8) is 0 Å². The maximum absolute atomic E-state index is 13.6. The number of halogens is 1. The standard InChI is InChI=1S/C22H20FN5O2S/c1-15-6-7-18(23)10-21(15)31(29,30)27(3)26-13-19-12-25-22-9-16(2)20(14-28(19)22)17-5-4-8-24-11-17/h4-14H,1-3H3. The van der Waals surface area contributed by atoms with Crippen LogP contribution in [0.3, 0.4) is 0 Å². The minimum absolute atomic E-state index is 0.125. The van der Waals surface area contributed by atoms with E-state index in [0.29, 0.717) is 16.9 Å². The maximum Gasteiger partial charge on any atom is 0.279 e. The van der Waals surface area contributed by atoms with E-state index in [2.05, 4.69) is 15.1 Å². The lowest BCUT2D eigenvalue weighted by atomic mass is 10.1. The van der Waals surface area contributed by atoms with Crippen molar-refractivity contribution in [2.75, 3.05) is 7.05 Å². The van der Waals surface area contributed by atoms with Gasteiger partial charge >= 0.3 is 0 Å². The number of nitrogens with zero attached hydrogens (tertiary/aromatic N) is 5. The van der Waals surface area contributed by atoms with Crippen molar-refractivity contribution < 1.29 is 12.8 Å². The van der Waals surface area contributed by atoms with Crippen LogP contribution in [0.4, 0.5) is 4.39 Å². The number of sulfonamides is 1. The Morgan fingerprint density at radius 3 is 2.68 bits per heavy atom. The summed E-state index contributed by atoms with van der Waals surface area (Å²) in [5.74, 6) is -0.623. The monoisotopic (exact) mass is 437 g/mol. The topological polar surface area (TPSA) is 79.9 Å². The van der Waals surface area contributed by atoms with Crippen molar-refractivity contribution in [1.82, 2.24) is 18.8 Å². The van der Waals surface area contributed by atoms with E-state index in [1.54, 1.807) is 25.5 Å². The van der Waals surface area contributed by atoms with Gasteiger partial charge in [-0.3, -0.25) is 9.38 Å². The van der Waals surface area contributed by atoms with E-state index in [-0.39, 0.29) is 4.90 Å². The molecule has 4 rings (SSSR count). The van der Waals surface area contributed by atoms with Crippen LogP contribution in [-0.2, 0) is 10.0 Å². The minimum atomic E-state index is -4.00. The average Bonchev–Trinajstić information content (AvgIpc) is 3.15. The van der Waals surface area contributed by atoms with Crippen LogP contribution in [0.1, 0.15) is 16.8 Å². The van der Waals surface area contributed by atoms with Crippen LogP contribution in [0, 0.1) is 19.7 Å². The normalized spacial score (nSPS) is 12.0. The number of benzene rings is 1. The molecule has 9 heteroatoms. The first-order chi connectivity index (χ1) is 14.8. The molecule has 0 aliphatic heterocycles.